The standard InChI is InChI=1S/C20H16F4O3S2/c21-19(22)20(23,24)29(25,26)27-28(16-10-4-1-5-11-16,17-12-6-2-7-13-17)18-14-8-3-9-15-18/h1-15,19H. The predicted octanol–water partition coefficient (Wildman–Crippen LogP) is 6.09. The SMILES string of the molecule is O=S(=O)(OS(c1ccccc1)(c1ccccc1)c1ccccc1)C(F)(F)C(F)F. The van der Waals surface area contributed by atoms with E-state index in [1.165, 1.54) is 36.4 Å². The van der Waals surface area contributed by atoms with Crippen molar-refractivity contribution in [3.05, 3.63) is 91.0 Å². The lowest BCUT2D eigenvalue weighted by Gasteiger charge is -2.40. The largest absolute Gasteiger partial charge is 0.429 e. The lowest BCUT2D eigenvalue weighted by Crippen LogP contribution is -2.38. The van der Waals surface area contributed by atoms with Crippen molar-refractivity contribution < 1.29 is 29.6 Å². The Morgan fingerprint density at radius 3 is 1.24 bits per heavy atom. The quantitative estimate of drug-likeness (QED) is 0.415. The molecule has 0 heterocycles. The van der Waals surface area contributed by atoms with Crippen molar-refractivity contribution in [1.29, 1.82) is 0 Å². The number of hydrogen-bond acceptors (Lipinski definition) is 3. The highest BCUT2D eigenvalue weighted by atomic mass is 32.3. The topological polar surface area (TPSA) is 43.4 Å². The molecule has 0 aliphatic rings. The first kappa shape index (κ1) is 21.4. The molecule has 0 aliphatic heterocycles. The van der Waals surface area contributed by atoms with E-state index in [1.807, 2.05) is 0 Å². The molecule has 0 aliphatic carbocycles. The van der Waals surface area contributed by atoms with E-state index >= 15 is 0 Å². The van der Waals surface area contributed by atoms with Gasteiger partial charge in [-0.2, -0.15) is 17.2 Å². The van der Waals surface area contributed by atoms with Crippen LogP contribution in [0.1, 0.15) is 0 Å². The van der Waals surface area contributed by atoms with Gasteiger partial charge >= 0.3 is 21.8 Å². The monoisotopic (exact) mass is 444 g/mol. The molecule has 0 aromatic heterocycles. The predicted molar refractivity (Wildman–Crippen MR) is 103 cm³/mol. The Bertz CT molecular complexity index is 948. The van der Waals surface area contributed by atoms with Gasteiger partial charge in [0.05, 0.1) is 0 Å². The Hall–Kier alpha value is -2.36. The highest BCUT2D eigenvalue weighted by molar-refractivity contribution is 8.33. The molecule has 0 saturated heterocycles. The first-order chi connectivity index (χ1) is 13.7. The fourth-order valence-corrected chi connectivity index (χ4v) is 7.69. The van der Waals surface area contributed by atoms with Crippen molar-refractivity contribution in [2.75, 3.05) is 0 Å². The lowest BCUT2D eigenvalue weighted by atomic mass is 10.4. The zero-order chi connectivity index (χ0) is 21.1. The highest BCUT2D eigenvalue weighted by Crippen LogP contribution is 2.70. The van der Waals surface area contributed by atoms with Crippen molar-refractivity contribution in [1.82, 2.24) is 0 Å². The Balaban J connectivity index is 2.35. The molecule has 0 radical (unpaired) electrons. The van der Waals surface area contributed by atoms with E-state index in [0.29, 0.717) is 0 Å². The molecule has 3 rings (SSSR count). The normalized spacial score (nSPS) is 13.4. The summed E-state index contributed by atoms with van der Waals surface area (Å²) < 4.78 is 83.6. The third-order valence-corrected chi connectivity index (χ3v) is 9.19. The van der Waals surface area contributed by atoms with Gasteiger partial charge in [-0.3, -0.25) is 0 Å². The Morgan fingerprint density at radius 2 is 0.966 bits per heavy atom. The molecule has 3 aromatic rings. The number of rotatable bonds is 7. The molecule has 0 atom stereocenters. The third-order valence-electron chi connectivity index (χ3n) is 4.00. The molecule has 3 aromatic carbocycles. The average molecular weight is 444 g/mol. The van der Waals surface area contributed by atoms with Crippen LogP contribution in [0.25, 0.3) is 0 Å². The minimum absolute atomic E-state index is 0.269. The van der Waals surface area contributed by atoms with Crippen molar-refractivity contribution in [2.24, 2.45) is 0 Å². The van der Waals surface area contributed by atoms with Crippen LogP contribution in [0.4, 0.5) is 17.6 Å². The zero-order valence-electron chi connectivity index (χ0n) is 14.8. The molecule has 9 heteroatoms. The summed E-state index contributed by atoms with van der Waals surface area (Å²) in [5, 5.41) is -5.37. The van der Waals surface area contributed by atoms with E-state index in [2.05, 4.69) is 0 Å². The van der Waals surface area contributed by atoms with Crippen LogP contribution in [0, 0.1) is 0 Å². The van der Waals surface area contributed by atoms with Gasteiger partial charge in [-0.05, 0) is 46.7 Å². The molecule has 0 amide bonds. The summed E-state index contributed by atoms with van der Waals surface area (Å²) in [4.78, 5) is 0.808. The summed E-state index contributed by atoms with van der Waals surface area (Å²) in [7, 11) is -9.32. The van der Waals surface area contributed by atoms with Crippen LogP contribution in [-0.4, -0.2) is 20.1 Å². The van der Waals surface area contributed by atoms with Gasteiger partial charge in [0.15, 0.2) is 0 Å². The van der Waals surface area contributed by atoms with Gasteiger partial charge in [0, 0.05) is 14.7 Å². The fourth-order valence-electron chi connectivity index (χ4n) is 2.65. The molecule has 0 N–H and O–H groups in total. The van der Waals surface area contributed by atoms with Gasteiger partial charge in [0.1, 0.15) is 0 Å². The van der Waals surface area contributed by atoms with Crippen molar-refractivity contribution >= 4 is 20.4 Å². The third kappa shape index (κ3) is 3.90. The van der Waals surface area contributed by atoms with E-state index in [0.717, 1.165) is 0 Å². The molecular formula is C20H16F4O3S2. The van der Waals surface area contributed by atoms with Crippen LogP contribution < -0.4 is 0 Å². The summed E-state index contributed by atoms with van der Waals surface area (Å²) in [5.41, 5.74) is 0. The van der Waals surface area contributed by atoms with Crippen LogP contribution in [-0.2, 0) is 13.7 Å². The maximum atomic E-state index is 14.0. The number of hydrogen-bond donors (Lipinski definition) is 0. The molecular weight excluding hydrogens is 428 g/mol. The van der Waals surface area contributed by atoms with Crippen molar-refractivity contribution in [3.63, 3.8) is 0 Å². The second kappa shape index (κ2) is 8.17. The molecule has 0 unspecified atom stereocenters. The van der Waals surface area contributed by atoms with Crippen LogP contribution in [0.15, 0.2) is 106 Å². The summed E-state index contributed by atoms with van der Waals surface area (Å²) in [5.74, 6) is 0. The van der Waals surface area contributed by atoms with Gasteiger partial charge < -0.3 is 0 Å². The summed E-state index contributed by atoms with van der Waals surface area (Å²) in [6, 6.07) is 23.6. The molecule has 154 valence electrons. The average Bonchev–Trinajstić information content (AvgIpc) is 2.73. The molecule has 0 bridgehead atoms. The van der Waals surface area contributed by atoms with Crippen molar-refractivity contribution in [2.45, 2.75) is 26.4 Å². The highest BCUT2D eigenvalue weighted by Gasteiger charge is 2.58. The number of alkyl halides is 4. The van der Waals surface area contributed by atoms with E-state index in [9.17, 15) is 26.0 Å². The van der Waals surface area contributed by atoms with Gasteiger partial charge in [0.25, 0.3) is 0 Å². The summed E-state index contributed by atoms with van der Waals surface area (Å²) >= 11 is 0. The Kier molecular flexibility index (Phi) is 6.02. The van der Waals surface area contributed by atoms with Crippen LogP contribution in [0.5, 0.6) is 0 Å². The Labute approximate surface area is 167 Å². The van der Waals surface area contributed by atoms with E-state index in [1.54, 1.807) is 54.6 Å². The summed E-state index contributed by atoms with van der Waals surface area (Å²) in [6.45, 7) is 0. The minimum Gasteiger partial charge on any atom is -0.202 e. The van der Waals surface area contributed by atoms with E-state index in [4.69, 9.17) is 3.63 Å². The van der Waals surface area contributed by atoms with Crippen molar-refractivity contribution in [3.8, 4) is 0 Å². The molecule has 3 nitrogen and oxygen atoms in total. The van der Waals surface area contributed by atoms with Crippen LogP contribution in [0.2, 0.25) is 0 Å². The van der Waals surface area contributed by atoms with E-state index < -0.39 is 32.1 Å². The van der Waals surface area contributed by atoms with Gasteiger partial charge in [0.2, 0.25) is 0 Å². The molecule has 29 heavy (non-hydrogen) atoms. The summed E-state index contributed by atoms with van der Waals surface area (Å²) in [6.07, 6.45) is -4.44. The van der Waals surface area contributed by atoms with E-state index in [-0.39, 0.29) is 14.7 Å². The van der Waals surface area contributed by atoms with Crippen LogP contribution >= 0.6 is 10.3 Å². The second-order valence-electron chi connectivity index (χ2n) is 5.88. The second-order valence-corrected chi connectivity index (χ2v) is 10.4. The molecule has 0 saturated carbocycles. The number of halogens is 4. The zero-order valence-corrected chi connectivity index (χ0v) is 16.4. The molecule has 0 spiro atoms. The first-order valence-electron chi connectivity index (χ1n) is 8.32. The maximum Gasteiger partial charge on any atom is 0.429 e. The van der Waals surface area contributed by atoms with Crippen LogP contribution in [0.3, 0.4) is 0 Å². The van der Waals surface area contributed by atoms with Gasteiger partial charge in [-0.1, -0.05) is 54.6 Å². The minimum atomic E-state index is -6.01. The number of benzene rings is 3. The first-order valence-corrected chi connectivity index (χ1v) is 11.3. The fraction of sp³-hybridized carbons (Fsp3) is 0.100. The maximum absolute atomic E-state index is 14.0. The Morgan fingerprint density at radius 1 is 0.655 bits per heavy atom. The van der Waals surface area contributed by atoms with Gasteiger partial charge in [-0.25, -0.2) is 12.4 Å². The smallest absolute Gasteiger partial charge is 0.202 e. The lowest BCUT2D eigenvalue weighted by molar-refractivity contribution is -0.0677. The molecule has 0 fully saturated rings. The van der Waals surface area contributed by atoms with Gasteiger partial charge in [-0.15, -0.1) is 0 Å².